The summed E-state index contributed by atoms with van der Waals surface area (Å²) in [6, 6.07) is 18.6. The van der Waals surface area contributed by atoms with Gasteiger partial charge in [-0.05, 0) is 48.5 Å². The Morgan fingerprint density at radius 1 is 0.697 bits per heavy atom. The number of rotatable bonds is 7. The monoisotopic (exact) mass is 496 g/mol. The number of aromatic nitrogens is 2. The third kappa shape index (κ3) is 5.58. The van der Waals surface area contributed by atoms with Crippen LogP contribution in [0.3, 0.4) is 0 Å². The van der Waals surface area contributed by atoms with Crippen molar-refractivity contribution in [1.29, 1.82) is 0 Å². The molecule has 4 aromatic rings. The maximum Gasteiger partial charge on any atom is 0.387 e. The number of ether oxygens (including phenoxy) is 2. The van der Waals surface area contributed by atoms with Crippen LogP contribution in [0.15, 0.2) is 72.8 Å². The van der Waals surface area contributed by atoms with Gasteiger partial charge in [0, 0.05) is 21.2 Å². The number of alkyl halides is 4. The SMILES string of the molecule is FC(F)Oc1cccc(-c2cc(-c3cccc(OC(F)F)c3)n(-c3cc(Cl)cc(Cl)c3)n2)c1. The highest BCUT2D eigenvalue weighted by atomic mass is 35.5. The Hall–Kier alpha value is -3.23. The molecule has 0 atom stereocenters. The average Bonchev–Trinajstić information content (AvgIpc) is 3.18. The standard InChI is InChI=1S/C23H14Cl2F4N2O2/c24-15-9-16(25)11-17(10-15)31-21(14-4-2-6-19(8-14)33-23(28)29)12-20(30-31)13-3-1-5-18(7-13)32-22(26)27/h1-12,22-23H. The lowest BCUT2D eigenvalue weighted by Gasteiger charge is -2.10. The predicted molar refractivity (Wildman–Crippen MR) is 118 cm³/mol. The summed E-state index contributed by atoms with van der Waals surface area (Å²) in [5.74, 6) is -0.0648. The van der Waals surface area contributed by atoms with Gasteiger partial charge in [-0.3, -0.25) is 0 Å². The lowest BCUT2D eigenvalue weighted by atomic mass is 10.1. The van der Waals surface area contributed by atoms with E-state index in [0.29, 0.717) is 38.2 Å². The summed E-state index contributed by atoms with van der Waals surface area (Å²) in [5.41, 5.74) is 2.45. The number of hydrogen-bond donors (Lipinski definition) is 0. The van der Waals surface area contributed by atoms with Crippen molar-refractivity contribution in [2.45, 2.75) is 13.2 Å². The second kappa shape index (κ2) is 9.72. The van der Waals surface area contributed by atoms with E-state index >= 15 is 0 Å². The fraction of sp³-hybridized carbons (Fsp3) is 0.0870. The van der Waals surface area contributed by atoms with E-state index in [2.05, 4.69) is 14.6 Å². The summed E-state index contributed by atoms with van der Waals surface area (Å²) in [5, 5.41) is 5.31. The van der Waals surface area contributed by atoms with Crippen molar-refractivity contribution in [3.8, 4) is 39.7 Å². The Balaban J connectivity index is 1.86. The van der Waals surface area contributed by atoms with Gasteiger partial charge in [0.2, 0.25) is 0 Å². The summed E-state index contributed by atoms with van der Waals surface area (Å²) in [4.78, 5) is 0. The first-order valence-electron chi connectivity index (χ1n) is 9.45. The van der Waals surface area contributed by atoms with Gasteiger partial charge in [-0.25, -0.2) is 4.68 Å². The van der Waals surface area contributed by atoms with Gasteiger partial charge in [-0.2, -0.15) is 22.7 Å². The fourth-order valence-corrected chi connectivity index (χ4v) is 3.76. The van der Waals surface area contributed by atoms with Crippen molar-refractivity contribution in [2.24, 2.45) is 0 Å². The van der Waals surface area contributed by atoms with Crippen molar-refractivity contribution in [2.75, 3.05) is 0 Å². The lowest BCUT2D eigenvalue weighted by Crippen LogP contribution is -2.03. The summed E-state index contributed by atoms with van der Waals surface area (Å²) < 4.78 is 61.2. The van der Waals surface area contributed by atoms with Crippen LogP contribution in [0.4, 0.5) is 17.6 Å². The molecule has 0 unspecified atom stereocenters. The third-order valence-corrected chi connectivity index (χ3v) is 4.95. The van der Waals surface area contributed by atoms with Crippen molar-refractivity contribution in [1.82, 2.24) is 9.78 Å². The molecule has 0 fully saturated rings. The summed E-state index contributed by atoms with van der Waals surface area (Å²) >= 11 is 12.3. The molecule has 0 radical (unpaired) electrons. The third-order valence-electron chi connectivity index (χ3n) is 4.51. The van der Waals surface area contributed by atoms with E-state index in [4.69, 9.17) is 23.2 Å². The Kier molecular flexibility index (Phi) is 6.76. The van der Waals surface area contributed by atoms with Crippen molar-refractivity contribution in [3.05, 3.63) is 82.8 Å². The molecule has 0 spiro atoms. The Morgan fingerprint density at radius 2 is 1.24 bits per heavy atom. The second-order valence-electron chi connectivity index (χ2n) is 6.77. The largest absolute Gasteiger partial charge is 0.435 e. The molecule has 0 aliphatic heterocycles. The first-order valence-corrected chi connectivity index (χ1v) is 10.2. The van der Waals surface area contributed by atoms with Crippen LogP contribution in [0, 0.1) is 0 Å². The van der Waals surface area contributed by atoms with Crippen LogP contribution in [-0.2, 0) is 0 Å². The van der Waals surface area contributed by atoms with Crippen LogP contribution in [0.5, 0.6) is 11.5 Å². The highest BCUT2D eigenvalue weighted by molar-refractivity contribution is 6.34. The number of hydrogen-bond acceptors (Lipinski definition) is 3. The molecule has 0 saturated heterocycles. The maximum atomic E-state index is 12.7. The highest BCUT2D eigenvalue weighted by Gasteiger charge is 2.16. The van der Waals surface area contributed by atoms with Gasteiger partial charge < -0.3 is 9.47 Å². The second-order valence-corrected chi connectivity index (χ2v) is 7.64. The Morgan fingerprint density at radius 3 is 1.82 bits per heavy atom. The zero-order valence-electron chi connectivity index (χ0n) is 16.6. The van der Waals surface area contributed by atoms with Gasteiger partial charge in [0.25, 0.3) is 0 Å². The number of nitrogens with zero attached hydrogens (tertiary/aromatic N) is 2. The van der Waals surface area contributed by atoms with Crippen molar-refractivity contribution < 1.29 is 27.0 Å². The van der Waals surface area contributed by atoms with Gasteiger partial charge in [0.1, 0.15) is 11.5 Å². The van der Waals surface area contributed by atoms with E-state index in [-0.39, 0.29) is 11.5 Å². The Labute approximate surface area is 195 Å². The molecule has 170 valence electrons. The molecule has 0 bridgehead atoms. The van der Waals surface area contributed by atoms with Crippen LogP contribution >= 0.6 is 23.2 Å². The lowest BCUT2D eigenvalue weighted by molar-refractivity contribution is -0.0505. The van der Waals surface area contributed by atoms with Crippen LogP contribution < -0.4 is 9.47 Å². The fourth-order valence-electron chi connectivity index (χ4n) is 3.25. The summed E-state index contributed by atoms with van der Waals surface area (Å²) in [6.45, 7) is -5.95. The minimum atomic E-state index is -2.98. The molecule has 1 heterocycles. The molecule has 1 aromatic heterocycles. The predicted octanol–water partition coefficient (Wildman–Crippen LogP) is 7.72. The van der Waals surface area contributed by atoms with Gasteiger partial charge in [0.15, 0.2) is 0 Å². The minimum Gasteiger partial charge on any atom is -0.435 e. The molecule has 4 nitrogen and oxygen atoms in total. The average molecular weight is 497 g/mol. The molecule has 4 rings (SSSR count). The molecule has 0 saturated carbocycles. The molecule has 33 heavy (non-hydrogen) atoms. The maximum absolute atomic E-state index is 12.7. The summed E-state index contributed by atoms with van der Waals surface area (Å²) in [6.07, 6.45) is 0. The quantitative estimate of drug-likeness (QED) is 0.246. The molecule has 0 amide bonds. The smallest absolute Gasteiger partial charge is 0.387 e. The molecule has 3 aromatic carbocycles. The number of halogens is 6. The van der Waals surface area contributed by atoms with Crippen LogP contribution in [0.1, 0.15) is 0 Å². The first-order chi connectivity index (χ1) is 15.8. The van der Waals surface area contributed by atoms with E-state index in [0.717, 1.165) is 0 Å². The molecule has 10 heteroatoms. The van der Waals surface area contributed by atoms with Gasteiger partial charge in [-0.1, -0.05) is 47.5 Å². The van der Waals surface area contributed by atoms with E-state index in [9.17, 15) is 17.6 Å². The van der Waals surface area contributed by atoms with Crippen LogP contribution in [0.25, 0.3) is 28.2 Å². The molecular formula is C23H14Cl2F4N2O2. The van der Waals surface area contributed by atoms with E-state index in [1.54, 1.807) is 48.5 Å². The Bertz CT molecular complexity index is 1260. The van der Waals surface area contributed by atoms with Gasteiger partial charge >= 0.3 is 13.2 Å². The minimum absolute atomic E-state index is 0.0308. The zero-order valence-corrected chi connectivity index (χ0v) is 18.1. The van der Waals surface area contributed by atoms with Gasteiger partial charge in [0.05, 0.1) is 17.1 Å². The normalized spacial score (nSPS) is 11.3. The van der Waals surface area contributed by atoms with Crippen molar-refractivity contribution >= 4 is 23.2 Å². The molecule has 0 N–H and O–H groups in total. The highest BCUT2D eigenvalue weighted by Crippen LogP contribution is 2.33. The van der Waals surface area contributed by atoms with E-state index in [1.165, 1.54) is 28.9 Å². The van der Waals surface area contributed by atoms with Gasteiger partial charge in [-0.15, -0.1) is 0 Å². The summed E-state index contributed by atoms with van der Waals surface area (Å²) in [7, 11) is 0. The first kappa shape index (κ1) is 22.9. The molecular weight excluding hydrogens is 483 g/mol. The van der Waals surface area contributed by atoms with E-state index in [1.807, 2.05) is 0 Å². The van der Waals surface area contributed by atoms with E-state index < -0.39 is 13.2 Å². The zero-order chi connectivity index (χ0) is 23.5. The van der Waals surface area contributed by atoms with Crippen LogP contribution in [-0.4, -0.2) is 23.0 Å². The van der Waals surface area contributed by atoms with Crippen LogP contribution in [0.2, 0.25) is 10.0 Å². The topological polar surface area (TPSA) is 36.3 Å². The molecule has 0 aliphatic carbocycles. The van der Waals surface area contributed by atoms with Crippen molar-refractivity contribution in [3.63, 3.8) is 0 Å². The molecule has 0 aliphatic rings. The number of benzene rings is 3.